The second kappa shape index (κ2) is 7.04. The van der Waals surface area contributed by atoms with Crippen LogP contribution in [-0.4, -0.2) is 53.7 Å². The first-order valence-corrected chi connectivity index (χ1v) is 7.29. The van der Waals surface area contributed by atoms with Gasteiger partial charge in [0.05, 0.1) is 6.10 Å². The van der Waals surface area contributed by atoms with E-state index < -0.39 is 0 Å². The summed E-state index contributed by atoms with van der Waals surface area (Å²) < 4.78 is 0. The van der Waals surface area contributed by atoms with Crippen molar-refractivity contribution in [3.63, 3.8) is 0 Å². The Morgan fingerprint density at radius 3 is 2.79 bits per heavy atom. The lowest BCUT2D eigenvalue weighted by Gasteiger charge is -2.25. The van der Waals surface area contributed by atoms with Gasteiger partial charge in [0, 0.05) is 25.7 Å². The SMILES string of the molecule is CC(O)CCN1CCC(N(C)Cc2ccccc2)C1. The summed E-state index contributed by atoms with van der Waals surface area (Å²) in [5, 5.41) is 9.35. The van der Waals surface area contributed by atoms with E-state index >= 15 is 0 Å². The van der Waals surface area contributed by atoms with Crippen LogP contribution in [0.15, 0.2) is 30.3 Å². The van der Waals surface area contributed by atoms with Crippen LogP contribution < -0.4 is 0 Å². The lowest BCUT2D eigenvalue weighted by atomic mass is 10.1. The highest BCUT2D eigenvalue weighted by Gasteiger charge is 2.25. The molecule has 0 radical (unpaired) electrons. The molecule has 1 saturated heterocycles. The summed E-state index contributed by atoms with van der Waals surface area (Å²) in [4.78, 5) is 4.93. The van der Waals surface area contributed by atoms with E-state index in [-0.39, 0.29) is 6.10 Å². The molecule has 2 unspecified atom stereocenters. The third kappa shape index (κ3) is 4.60. The average molecular weight is 262 g/mol. The molecule has 0 spiro atoms. The van der Waals surface area contributed by atoms with Crippen LogP contribution in [0.1, 0.15) is 25.3 Å². The summed E-state index contributed by atoms with van der Waals surface area (Å²) >= 11 is 0. The lowest BCUT2D eigenvalue weighted by Crippen LogP contribution is -2.34. The molecule has 19 heavy (non-hydrogen) atoms. The maximum absolute atomic E-state index is 9.35. The zero-order valence-corrected chi connectivity index (χ0v) is 12.1. The molecule has 0 aliphatic carbocycles. The quantitative estimate of drug-likeness (QED) is 0.849. The van der Waals surface area contributed by atoms with Crippen LogP contribution >= 0.6 is 0 Å². The number of benzene rings is 1. The van der Waals surface area contributed by atoms with Crippen LogP contribution in [0.4, 0.5) is 0 Å². The van der Waals surface area contributed by atoms with Gasteiger partial charge >= 0.3 is 0 Å². The molecule has 2 atom stereocenters. The Kier molecular flexibility index (Phi) is 5.37. The van der Waals surface area contributed by atoms with Gasteiger partial charge in [-0.1, -0.05) is 30.3 Å². The second-order valence-corrected chi connectivity index (χ2v) is 5.78. The summed E-state index contributed by atoms with van der Waals surface area (Å²) in [7, 11) is 2.22. The van der Waals surface area contributed by atoms with Gasteiger partial charge in [0.25, 0.3) is 0 Å². The minimum atomic E-state index is -0.180. The Balaban J connectivity index is 1.77. The van der Waals surface area contributed by atoms with E-state index in [0.29, 0.717) is 6.04 Å². The van der Waals surface area contributed by atoms with Crippen LogP contribution in [0.3, 0.4) is 0 Å². The smallest absolute Gasteiger partial charge is 0.0524 e. The molecular formula is C16H26N2O. The Bertz CT molecular complexity index is 366. The third-order valence-electron chi connectivity index (χ3n) is 4.01. The van der Waals surface area contributed by atoms with Gasteiger partial charge in [-0.2, -0.15) is 0 Å². The minimum absolute atomic E-state index is 0.180. The van der Waals surface area contributed by atoms with E-state index in [2.05, 4.69) is 47.2 Å². The molecule has 0 amide bonds. The molecule has 1 fully saturated rings. The Labute approximate surface area is 116 Å². The molecule has 3 heteroatoms. The normalized spacial score (nSPS) is 22.0. The summed E-state index contributed by atoms with van der Waals surface area (Å²) in [5.74, 6) is 0. The lowest BCUT2D eigenvalue weighted by molar-refractivity contribution is 0.159. The first-order valence-electron chi connectivity index (χ1n) is 7.29. The highest BCUT2D eigenvalue weighted by Crippen LogP contribution is 2.17. The largest absolute Gasteiger partial charge is 0.393 e. The summed E-state index contributed by atoms with van der Waals surface area (Å²) in [5.41, 5.74) is 1.38. The molecule has 0 bridgehead atoms. The van der Waals surface area contributed by atoms with E-state index in [1.807, 2.05) is 6.92 Å². The predicted octanol–water partition coefficient (Wildman–Crippen LogP) is 1.96. The van der Waals surface area contributed by atoms with Crippen molar-refractivity contribution < 1.29 is 5.11 Å². The molecule has 0 saturated carbocycles. The van der Waals surface area contributed by atoms with Crippen LogP contribution in [-0.2, 0) is 6.54 Å². The molecular weight excluding hydrogens is 236 g/mol. The van der Waals surface area contributed by atoms with E-state index in [4.69, 9.17) is 0 Å². The first-order chi connectivity index (χ1) is 9.15. The Morgan fingerprint density at radius 1 is 1.37 bits per heavy atom. The monoisotopic (exact) mass is 262 g/mol. The molecule has 1 aromatic rings. The van der Waals surface area contributed by atoms with Gasteiger partial charge in [-0.25, -0.2) is 0 Å². The molecule has 0 aromatic heterocycles. The van der Waals surface area contributed by atoms with E-state index in [1.54, 1.807) is 0 Å². The van der Waals surface area contributed by atoms with Crippen molar-refractivity contribution in [2.75, 3.05) is 26.7 Å². The Morgan fingerprint density at radius 2 is 2.11 bits per heavy atom. The number of hydrogen-bond donors (Lipinski definition) is 1. The zero-order chi connectivity index (χ0) is 13.7. The van der Waals surface area contributed by atoms with E-state index in [0.717, 1.165) is 32.6 Å². The molecule has 1 heterocycles. The number of hydrogen-bond acceptors (Lipinski definition) is 3. The summed E-state index contributed by atoms with van der Waals surface area (Å²) in [6.07, 6.45) is 1.94. The Hall–Kier alpha value is -0.900. The maximum atomic E-state index is 9.35. The van der Waals surface area contributed by atoms with Gasteiger partial charge in [-0.05, 0) is 38.9 Å². The fourth-order valence-corrected chi connectivity index (χ4v) is 2.74. The first kappa shape index (κ1) is 14.5. The van der Waals surface area contributed by atoms with Crippen LogP contribution in [0.25, 0.3) is 0 Å². The fourth-order valence-electron chi connectivity index (χ4n) is 2.74. The maximum Gasteiger partial charge on any atom is 0.0524 e. The highest BCUT2D eigenvalue weighted by molar-refractivity contribution is 5.14. The van der Waals surface area contributed by atoms with Crippen molar-refractivity contribution in [2.24, 2.45) is 0 Å². The molecule has 1 N–H and O–H groups in total. The number of nitrogens with zero attached hydrogens (tertiary/aromatic N) is 2. The third-order valence-corrected chi connectivity index (χ3v) is 4.01. The van der Waals surface area contributed by atoms with Crippen LogP contribution in [0, 0.1) is 0 Å². The number of aliphatic hydroxyl groups is 1. The van der Waals surface area contributed by atoms with Crippen LogP contribution in [0.2, 0.25) is 0 Å². The molecule has 1 aromatic carbocycles. The topological polar surface area (TPSA) is 26.7 Å². The fraction of sp³-hybridized carbons (Fsp3) is 0.625. The second-order valence-electron chi connectivity index (χ2n) is 5.78. The van der Waals surface area contributed by atoms with Crippen molar-refractivity contribution in [1.29, 1.82) is 0 Å². The van der Waals surface area contributed by atoms with E-state index in [1.165, 1.54) is 12.0 Å². The summed E-state index contributed by atoms with van der Waals surface area (Å²) in [6.45, 7) is 6.21. The van der Waals surface area contributed by atoms with Crippen molar-refractivity contribution in [2.45, 2.75) is 38.5 Å². The minimum Gasteiger partial charge on any atom is -0.393 e. The van der Waals surface area contributed by atoms with Crippen molar-refractivity contribution in [3.05, 3.63) is 35.9 Å². The number of rotatable bonds is 6. The van der Waals surface area contributed by atoms with Gasteiger partial charge < -0.3 is 10.0 Å². The standard InChI is InChI=1S/C16H26N2O/c1-14(19)8-10-18-11-9-16(13-18)17(2)12-15-6-4-3-5-7-15/h3-7,14,16,19H,8-13H2,1-2H3. The number of likely N-dealkylation sites (tertiary alicyclic amines) is 1. The van der Waals surface area contributed by atoms with E-state index in [9.17, 15) is 5.11 Å². The molecule has 3 nitrogen and oxygen atoms in total. The zero-order valence-electron chi connectivity index (χ0n) is 12.1. The van der Waals surface area contributed by atoms with Crippen molar-refractivity contribution in [1.82, 2.24) is 9.80 Å². The number of likely N-dealkylation sites (N-methyl/N-ethyl adjacent to an activating group) is 1. The number of aliphatic hydroxyl groups excluding tert-OH is 1. The molecule has 106 valence electrons. The van der Waals surface area contributed by atoms with Crippen molar-refractivity contribution >= 4 is 0 Å². The predicted molar refractivity (Wildman–Crippen MR) is 79.1 cm³/mol. The molecule has 1 aliphatic heterocycles. The van der Waals surface area contributed by atoms with Crippen LogP contribution in [0.5, 0.6) is 0 Å². The average Bonchev–Trinajstić information content (AvgIpc) is 2.86. The van der Waals surface area contributed by atoms with Crippen molar-refractivity contribution in [3.8, 4) is 0 Å². The molecule has 2 rings (SSSR count). The molecule has 1 aliphatic rings. The van der Waals surface area contributed by atoms with Gasteiger partial charge in [0.1, 0.15) is 0 Å². The highest BCUT2D eigenvalue weighted by atomic mass is 16.3. The summed E-state index contributed by atoms with van der Waals surface area (Å²) in [6, 6.07) is 11.3. The van der Waals surface area contributed by atoms with Gasteiger partial charge in [-0.3, -0.25) is 4.90 Å². The van der Waals surface area contributed by atoms with Gasteiger partial charge in [0.15, 0.2) is 0 Å². The van der Waals surface area contributed by atoms with Gasteiger partial charge in [0.2, 0.25) is 0 Å². The van der Waals surface area contributed by atoms with Gasteiger partial charge in [-0.15, -0.1) is 0 Å².